The third-order valence-electron chi connectivity index (χ3n) is 3.81. The molecule has 0 saturated heterocycles. The maximum atomic E-state index is 11.9. The highest BCUT2D eigenvalue weighted by Crippen LogP contribution is 2.54. The fourth-order valence-corrected chi connectivity index (χ4v) is 2.71. The Bertz CT molecular complexity index is 479. The van der Waals surface area contributed by atoms with Crippen LogP contribution in [0.5, 0.6) is 5.75 Å². The monoisotopic (exact) mass is 232 g/mol. The van der Waals surface area contributed by atoms with Gasteiger partial charge in [-0.05, 0) is 29.9 Å². The molecule has 1 aliphatic heterocycles. The van der Waals surface area contributed by atoms with Gasteiger partial charge in [-0.2, -0.15) is 0 Å². The van der Waals surface area contributed by atoms with Gasteiger partial charge in [-0.1, -0.05) is 19.1 Å². The second-order valence-corrected chi connectivity index (χ2v) is 4.78. The van der Waals surface area contributed by atoms with E-state index in [1.54, 1.807) is 0 Å². The summed E-state index contributed by atoms with van der Waals surface area (Å²) < 4.78 is 10.6. The highest BCUT2D eigenvalue weighted by atomic mass is 16.5. The van der Waals surface area contributed by atoms with Crippen molar-refractivity contribution in [3.63, 3.8) is 0 Å². The van der Waals surface area contributed by atoms with Crippen molar-refractivity contribution in [1.82, 2.24) is 0 Å². The molecule has 17 heavy (non-hydrogen) atoms. The van der Waals surface area contributed by atoms with E-state index in [4.69, 9.17) is 9.47 Å². The smallest absolute Gasteiger partial charge is 0.341 e. The fraction of sp³-hybridized carbons (Fsp3) is 0.500. The molecule has 3 rings (SSSR count). The summed E-state index contributed by atoms with van der Waals surface area (Å²) in [7, 11) is 1.42. The average molecular weight is 232 g/mol. The lowest BCUT2D eigenvalue weighted by Gasteiger charge is -2.21. The highest BCUT2D eigenvalue weighted by Gasteiger charge is 2.45. The quantitative estimate of drug-likeness (QED) is 0.735. The summed E-state index contributed by atoms with van der Waals surface area (Å²) in [5.41, 5.74) is 2.84. The first-order valence-corrected chi connectivity index (χ1v) is 6.13. The molecule has 0 N–H and O–H groups in total. The summed E-state index contributed by atoms with van der Waals surface area (Å²) in [6.07, 6.45) is 2.01. The van der Waals surface area contributed by atoms with Gasteiger partial charge in [0, 0.05) is 5.92 Å². The molecule has 1 aromatic carbocycles. The predicted molar refractivity (Wildman–Crippen MR) is 63.5 cm³/mol. The number of aryl methyl sites for hydroxylation is 1. The Hall–Kier alpha value is -1.51. The molecular formula is C14H16O3. The predicted octanol–water partition coefficient (Wildman–Crippen LogP) is 2.53. The van der Waals surface area contributed by atoms with Crippen molar-refractivity contribution in [2.45, 2.75) is 25.7 Å². The number of carbonyl (C=O) groups is 1. The number of fused-ring (bicyclic) bond motifs is 3. The van der Waals surface area contributed by atoms with Crippen LogP contribution in [0.15, 0.2) is 12.1 Å². The van der Waals surface area contributed by atoms with Crippen LogP contribution in [0.1, 0.15) is 40.7 Å². The zero-order valence-corrected chi connectivity index (χ0v) is 10.2. The van der Waals surface area contributed by atoms with Crippen LogP contribution in [0.2, 0.25) is 0 Å². The summed E-state index contributed by atoms with van der Waals surface area (Å²) in [5.74, 6) is 1.77. The molecule has 1 heterocycles. The van der Waals surface area contributed by atoms with Crippen molar-refractivity contribution in [2.24, 2.45) is 5.92 Å². The van der Waals surface area contributed by atoms with E-state index in [2.05, 4.69) is 6.07 Å². The van der Waals surface area contributed by atoms with E-state index in [0.29, 0.717) is 17.4 Å². The van der Waals surface area contributed by atoms with Gasteiger partial charge in [0.25, 0.3) is 0 Å². The SMILES string of the molecule is CCc1ccc2c(c1C(=O)OC)OC[C@H]1C[C@@H]21. The Morgan fingerprint density at radius 2 is 2.35 bits per heavy atom. The highest BCUT2D eigenvalue weighted by molar-refractivity contribution is 5.95. The molecule has 0 unspecified atom stereocenters. The zero-order valence-electron chi connectivity index (χ0n) is 10.2. The van der Waals surface area contributed by atoms with Crippen LogP contribution >= 0.6 is 0 Å². The molecule has 0 spiro atoms. The van der Waals surface area contributed by atoms with Crippen molar-refractivity contribution in [1.29, 1.82) is 0 Å². The second-order valence-electron chi connectivity index (χ2n) is 4.78. The van der Waals surface area contributed by atoms with Gasteiger partial charge < -0.3 is 9.47 Å². The number of methoxy groups -OCH3 is 1. The minimum Gasteiger partial charge on any atom is -0.492 e. The van der Waals surface area contributed by atoms with Crippen molar-refractivity contribution >= 4 is 5.97 Å². The van der Waals surface area contributed by atoms with E-state index in [9.17, 15) is 4.79 Å². The van der Waals surface area contributed by atoms with Crippen LogP contribution in [-0.4, -0.2) is 19.7 Å². The third kappa shape index (κ3) is 1.53. The van der Waals surface area contributed by atoms with E-state index in [1.165, 1.54) is 19.1 Å². The number of hydrogen-bond donors (Lipinski definition) is 0. The average Bonchev–Trinajstić information content (AvgIpc) is 3.15. The van der Waals surface area contributed by atoms with Gasteiger partial charge in [-0.15, -0.1) is 0 Å². The Labute approximate surface area is 101 Å². The summed E-state index contributed by atoms with van der Waals surface area (Å²) in [6.45, 7) is 2.78. The fourth-order valence-electron chi connectivity index (χ4n) is 2.71. The van der Waals surface area contributed by atoms with Crippen LogP contribution in [0, 0.1) is 5.92 Å². The molecule has 1 fully saturated rings. The number of carbonyl (C=O) groups excluding carboxylic acids is 1. The van der Waals surface area contributed by atoms with Crippen molar-refractivity contribution in [3.8, 4) is 5.75 Å². The van der Waals surface area contributed by atoms with Gasteiger partial charge in [0.05, 0.1) is 13.7 Å². The molecule has 1 aliphatic carbocycles. The maximum absolute atomic E-state index is 11.9. The summed E-state index contributed by atoms with van der Waals surface area (Å²) in [6, 6.07) is 4.15. The Kier molecular flexibility index (Phi) is 2.35. The van der Waals surface area contributed by atoms with Gasteiger partial charge >= 0.3 is 5.97 Å². The van der Waals surface area contributed by atoms with E-state index in [0.717, 1.165) is 24.3 Å². The first-order valence-electron chi connectivity index (χ1n) is 6.13. The molecule has 0 amide bonds. The lowest BCUT2D eigenvalue weighted by molar-refractivity contribution is 0.0593. The molecule has 1 aromatic rings. The molecule has 2 atom stereocenters. The molecule has 3 nitrogen and oxygen atoms in total. The molecule has 90 valence electrons. The van der Waals surface area contributed by atoms with Crippen LogP contribution < -0.4 is 4.74 Å². The summed E-state index contributed by atoms with van der Waals surface area (Å²) in [5, 5.41) is 0. The number of rotatable bonds is 2. The van der Waals surface area contributed by atoms with Crippen molar-refractivity contribution < 1.29 is 14.3 Å². The van der Waals surface area contributed by atoms with Crippen LogP contribution in [-0.2, 0) is 11.2 Å². The van der Waals surface area contributed by atoms with Gasteiger partial charge in [-0.3, -0.25) is 0 Å². The molecule has 0 radical (unpaired) electrons. The zero-order chi connectivity index (χ0) is 12.0. The number of benzene rings is 1. The van der Waals surface area contributed by atoms with Crippen LogP contribution in [0.3, 0.4) is 0 Å². The van der Waals surface area contributed by atoms with E-state index in [1.807, 2.05) is 13.0 Å². The van der Waals surface area contributed by atoms with Gasteiger partial charge in [0.1, 0.15) is 11.3 Å². The Morgan fingerprint density at radius 3 is 3.06 bits per heavy atom. The first-order chi connectivity index (χ1) is 8.26. The van der Waals surface area contributed by atoms with Crippen LogP contribution in [0.25, 0.3) is 0 Å². The van der Waals surface area contributed by atoms with E-state index >= 15 is 0 Å². The molecular weight excluding hydrogens is 216 g/mol. The summed E-state index contributed by atoms with van der Waals surface area (Å²) >= 11 is 0. The number of ether oxygens (including phenoxy) is 2. The topological polar surface area (TPSA) is 35.5 Å². The van der Waals surface area contributed by atoms with Gasteiger partial charge in [0.2, 0.25) is 0 Å². The van der Waals surface area contributed by atoms with Crippen molar-refractivity contribution in [3.05, 3.63) is 28.8 Å². The first kappa shape index (κ1) is 10.6. The standard InChI is InChI=1S/C14H16O3/c1-3-8-4-5-10-11-6-9(11)7-17-13(10)12(8)14(15)16-2/h4-5,9,11H,3,6-7H2,1-2H3/t9-,11-/m1/s1. The molecule has 2 aliphatic rings. The molecule has 0 aromatic heterocycles. The second kappa shape index (κ2) is 3.76. The Morgan fingerprint density at radius 1 is 1.53 bits per heavy atom. The van der Waals surface area contributed by atoms with E-state index < -0.39 is 0 Å². The molecule has 3 heteroatoms. The van der Waals surface area contributed by atoms with Crippen molar-refractivity contribution in [2.75, 3.05) is 13.7 Å². The van der Waals surface area contributed by atoms with Gasteiger partial charge in [-0.25, -0.2) is 4.79 Å². The lowest BCUT2D eigenvalue weighted by Crippen LogP contribution is -2.15. The minimum atomic E-state index is -0.280. The van der Waals surface area contributed by atoms with Crippen LogP contribution in [0.4, 0.5) is 0 Å². The number of esters is 1. The molecule has 1 saturated carbocycles. The molecule has 0 bridgehead atoms. The van der Waals surface area contributed by atoms with E-state index in [-0.39, 0.29) is 5.97 Å². The minimum absolute atomic E-state index is 0.280. The largest absolute Gasteiger partial charge is 0.492 e. The maximum Gasteiger partial charge on any atom is 0.341 e. The number of hydrogen-bond acceptors (Lipinski definition) is 3. The Balaban J connectivity index is 2.15. The summed E-state index contributed by atoms with van der Waals surface area (Å²) in [4.78, 5) is 11.9. The normalized spacial score (nSPS) is 24.4. The lowest BCUT2D eigenvalue weighted by atomic mass is 9.96. The third-order valence-corrected chi connectivity index (χ3v) is 3.81. The van der Waals surface area contributed by atoms with Gasteiger partial charge in [0.15, 0.2) is 0 Å².